The molecule has 0 saturated heterocycles. The molecule has 0 aliphatic carbocycles. The molecule has 0 rings (SSSR count). The molecule has 4 N–H and O–H groups in total. The van der Waals surface area contributed by atoms with Crippen molar-refractivity contribution in [2.24, 2.45) is 0 Å². The fraction of sp³-hybridized carbons (Fsp3) is 0.927. The third kappa shape index (κ3) is 31.7. The SMILES string of the molecule is CCCCCCCCCCCC/C=C/C(O)C(CO)NC(=O)C(O)CCCCCCCCCCCCCCCCCCCCCC. The minimum absolute atomic E-state index is 0.360. The Kier molecular flexibility index (Phi) is 36.2. The standard InChI is InChI=1S/C41H81NO4/c1-3-5-7-9-11-13-15-17-18-19-20-21-22-23-24-26-28-30-32-34-36-40(45)41(46)42-38(37-43)39(44)35-33-31-29-27-25-16-14-12-10-8-6-4-2/h33,35,38-40,43-45H,3-32,34,36-37H2,1-2H3,(H,42,46)/b35-33+. The number of nitrogens with one attached hydrogen (secondary N) is 1. The number of allylic oxidation sites excluding steroid dienone is 1. The fourth-order valence-corrected chi connectivity index (χ4v) is 6.36. The van der Waals surface area contributed by atoms with Gasteiger partial charge in [0.2, 0.25) is 5.91 Å². The van der Waals surface area contributed by atoms with Crippen LogP contribution in [0.5, 0.6) is 0 Å². The summed E-state index contributed by atoms with van der Waals surface area (Å²) in [5, 5.41) is 33.0. The summed E-state index contributed by atoms with van der Waals surface area (Å²) in [6.07, 6.45) is 42.4. The number of carbonyl (C=O) groups is 1. The summed E-state index contributed by atoms with van der Waals surface area (Å²) in [7, 11) is 0. The first kappa shape index (κ1) is 45.1. The van der Waals surface area contributed by atoms with Crippen LogP contribution in [-0.2, 0) is 4.79 Å². The first-order valence-electron chi connectivity index (χ1n) is 20.5. The molecule has 0 bridgehead atoms. The molecule has 0 radical (unpaired) electrons. The van der Waals surface area contributed by atoms with Crippen LogP contribution in [-0.4, -0.2) is 46.1 Å². The molecule has 5 heteroatoms. The molecule has 46 heavy (non-hydrogen) atoms. The van der Waals surface area contributed by atoms with Crippen molar-refractivity contribution >= 4 is 5.91 Å². The summed E-state index contributed by atoms with van der Waals surface area (Å²) >= 11 is 0. The number of hydrogen-bond acceptors (Lipinski definition) is 4. The smallest absolute Gasteiger partial charge is 0.249 e. The second kappa shape index (κ2) is 36.9. The Hall–Kier alpha value is -0.910. The third-order valence-corrected chi connectivity index (χ3v) is 9.63. The van der Waals surface area contributed by atoms with Gasteiger partial charge in [0.15, 0.2) is 0 Å². The largest absolute Gasteiger partial charge is 0.394 e. The van der Waals surface area contributed by atoms with Crippen LogP contribution < -0.4 is 5.32 Å². The van der Waals surface area contributed by atoms with Gasteiger partial charge in [0, 0.05) is 0 Å². The Morgan fingerprint density at radius 2 is 0.848 bits per heavy atom. The van der Waals surface area contributed by atoms with Crippen LogP contribution in [0, 0.1) is 0 Å². The van der Waals surface area contributed by atoms with E-state index in [9.17, 15) is 20.1 Å². The van der Waals surface area contributed by atoms with Crippen LogP contribution in [0.2, 0.25) is 0 Å². The number of aliphatic hydroxyl groups excluding tert-OH is 3. The minimum atomic E-state index is -1.09. The molecule has 0 aromatic rings. The van der Waals surface area contributed by atoms with Crippen molar-refractivity contribution in [3.8, 4) is 0 Å². The van der Waals surface area contributed by atoms with Crippen molar-refractivity contribution in [2.75, 3.05) is 6.61 Å². The highest BCUT2D eigenvalue weighted by Gasteiger charge is 2.22. The van der Waals surface area contributed by atoms with Crippen LogP contribution in [0.1, 0.15) is 219 Å². The van der Waals surface area contributed by atoms with Crippen molar-refractivity contribution in [3.63, 3.8) is 0 Å². The van der Waals surface area contributed by atoms with Crippen molar-refractivity contribution < 1.29 is 20.1 Å². The summed E-state index contributed by atoms with van der Waals surface area (Å²) in [6, 6.07) is -0.791. The van der Waals surface area contributed by atoms with E-state index < -0.39 is 24.2 Å². The topological polar surface area (TPSA) is 89.8 Å². The highest BCUT2D eigenvalue weighted by Crippen LogP contribution is 2.16. The molecule has 0 aliphatic rings. The molecule has 0 spiro atoms. The lowest BCUT2D eigenvalue weighted by atomic mass is 10.0. The van der Waals surface area contributed by atoms with E-state index in [-0.39, 0.29) is 6.61 Å². The van der Waals surface area contributed by atoms with Gasteiger partial charge in [-0.15, -0.1) is 0 Å². The molecular formula is C41H81NO4. The molecule has 0 fully saturated rings. The minimum Gasteiger partial charge on any atom is -0.394 e. The normalized spacial score (nSPS) is 13.8. The number of amides is 1. The molecule has 3 unspecified atom stereocenters. The van der Waals surface area contributed by atoms with Crippen molar-refractivity contribution in [3.05, 3.63) is 12.2 Å². The van der Waals surface area contributed by atoms with E-state index in [1.54, 1.807) is 6.08 Å². The average molecular weight is 652 g/mol. The van der Waals surface area contributed by atoms with Gasteiger partial charge in [-0.1, -0.05) is 212 Å². The highest BCUT2D eigenvalue weighted by atomic mass is 16.3. The Morgan fingerprint density at radius 3 is 1.20 bits per heavy atom. The molecule has 0 heterocycles. The molecule has 0 aromatic carbocycles. The van der Waals surface area contributed by atoms with E-state index in [1.807, 2.05) is 6.08 Å². The lowest BCUT2D eigenvalue weighted by Gasteiger charge is -2.21. The van der Waals surface area contributed by atoms with Crippen molar-refractivity contribution in [2.45, 2.75) is 238 Å². The quantitative estimate of drug-likeness (QED) is 0.0397. The van der Waals surface area contributed by atoms with E-state index in [0.717, 1.165) is 32.1 Å². The fourth-order valence-electron chi connectivity index (χ4n) is 6.36. The summed E-state index contributed by atoms with van der Waals surface area (Å²) in [4.78, 5) is 12.4. The molecule has 1 amide bonds. The van der Waals surface area contributed by atoms with Crippen molar-refractivity contribution in [1.29, 1.82) is 0 Å². The number of carbonyl (C=O) groups excluding carboxylic acids is 1. The third-order valence-electron chi connectivity index (χ3n) is 9.63. The van der Waals surface area contributed by atoms with Crippen LogP contribution in [0.4, 0.5) is 0 Å². The Morgan fingerprint density at radius 1 is 0.522 bits per heavy atom. The van der Waals surface area contributed by atoms with Crippen LogP contribution >= 0.6 is 0 Å². The summed E-state index contributed by atoms with van der Waals surface area (Å²) in [6.45, 7) is 4.18. The van der Waals surface area contributed by atoms with E-state index in [0.29, 0.717) is 6.42 Å². The molecule has 0 aliphatic heterocycles. The van der Waals surface area contributed by atoms with Gasteiger partial charge >= 0.3 is 0 Å². The summed E-state index contributed by atoms with van der Waals surface area (Å²) in [5.41, 5.74) is 0. The highest BCUT2D eigenvalue weighted by molar-refractivity contribution is 5.80. The number of hydrogen-bond donors (Lipinski definition) is 4. The summed E-state index contributed by atoms with van der Waals surface area (Å²) in [5.74, 6) is -0.501. The number of aliphatic hydroxyl groups is 3. The lowest BCUT2D eigenvalue weighted by molar-refractivity contribution is -0.131. The van der Waals surface area contributed by atoms with Gasteiger partial charge in [-0.2, -0.15) is 0 Å². The van der Waals surface area contributed by atoms with Gasteiger partial charge < -0.3 is 20.6 Å². The second-order valence-corrected chi connectivity index (χ2v) is 14.2. The Balaban J connectivity index is 3.63. The molecular weight excluding hydrogens is 570 g/mol. The van der Waals surface area contributed by atoms with Gasteiger partial charge in [0.05, 0.1) is 18.8 Å². The maximum Gasteiger partial charge on any atom is 0.249 e. The Labute approximate surface area is 287 Å². The first-order valence-corrected chi connectivity index (χ1v) is 20.5. The van der Waals surface area contributed by atoms with Gasteiger partial charge in [-0.25, -0.2) is 0 Å². The molecule has 0 aromatic heterocycles. The lowest BCUT2D eigenvalue weighted by Crippen LogP contribution is -2.48. The molecule has 274 valence electrons. The maximum absolute atomic E-state index is 12.4. The predicted octanol–water partition coefficient (Wildman–Crippen LogP) is 11.3. The van der Waals surface area contributed by atoms with E-state index in [2.05, 4.69) is 19.2 Å². The van der Waals surface area contributed by atoms with E-state index >= 15 is 0 Å². The summed E-state index contributed by atoms with van der Waals surface area (Å²) < 4.78 is 0. The van der Waals surface area contributed by atoms with Gasteiger partial charge in [-0.3, -0.25) is 4.79 Å². The monoisotopic (exact) mass is 652 g/mol. The molecule has 5 nitrogen and oxygen atoms in total. The molecule has 3 atom stereocenters. The maximum atomic E-state index is 12.4. The van der Waals surface area contributed by atoms with Gasteiger partial charge in [0.25, 0.3) is 0 Å². The molecule has 0 saturated carbocycles. The van der Waals surface area contributed by atoms with Gasteiger partial charge in [0.1, 0.15) is 6.10 Å². The zero-order valence-corrected chi connectivity index (χ0v) is 31.0. The number of unbranched alkanes of at least 4 members (excludes halogenated alkanes) is 29. The zero-order chi connectivity index (χ0) is 33.8. The van der Waals surface area contributed by atoms with E-state index in [1.165, 1.54) is 167 Å². The Bertz CT molecular complexity index is 640. The van der Waals surface area contributed by atoms with Crippen LogP contribution in [0.15, 0.2) is 12.2 Å². The van der Waals surface area contributed by atoms with E-state index in [4.69, 9.17) is 0 Å². The average Bonchev–Trinajstić information content (AvgIpc) is 3.06. The second-order valence-electron chi connectivity index (χ2n) is 14.2. The van der Waals surface area contributed by atoms with Crippen LogP contribution in [0.25, 0.3) is 0 Å². The zero-order valence-electron chi connectivity index (χ0n) is 31.0. The number of rotatable bonds is 37. The van der Waals surface area contributed by atoms with Crippen molar-refractivity contribution in [1.82, 2.24) is 5.32 Å². The van der Waals surface area contributed by atoms with Crippen LogP contribution in [0.3, 0.4) is 0 Å². The van der Waals surface area contributed by atoms with Gasteiger partial charge in [-0.05, 0) is 19.3 Å². The predicted molar refractivity (Wildman–Crippen MR) is 199 cm³/mol. The first-order chi connectivity index (χ1) is 22.6.